The molecule has 14 nitrogen and oxygen atoms in total. The summed E-state index contributed by atoms with van der Waals surface area (Å²) in [6.07, 6.45) is 5.01. The molecule has 0 saturated heterocycles. The average Bonchev–Trinajstić information content (AvgIpc) is 4.05. The monoisotopic (exact) mass is 767 g/mol. The number of aromatic nitrogens is 3. The van der Waals surface area contributed by atoms with Crippen molar-refractivity contribution < 1.29 is 24.0 Å². The van der Waals surface area contributed by atoms with Gasteiger partial charge in [0.25, 0.3) is 17.7 Å². The zero-order valence-corrected chi connectivity index (χ0v) is 30.8. The molecule has 5 amide bonds. The van der Waals surface area contributed by atoms with E-state index in [0.717, 1.165) is 5.56 Å². The summed E-state index contributed by atoms with van der Waals surface area (Å²) in [6.45, 7) is 3.64. The largest absolute Gasteiger partial charge is 0.355 e. The van der Waals surface area contributed by atoms with Crippen molar-refractivity contribution in [3.05, 3.63) is 105 Å². The molecular weight excluding hydrogens is 733 g/mol. The third-order valence-electron chi connectivity index (χ3n) is 10.0. The van der Waals surface area contributed by atoms with Gasteiger partial charge in [0.2, 0.25) is 17.8 Å². The van der Waals surface area contributed by atoms with Crippen LogP contribution in [0.4, 0.5) is 11.6 Å². The van der Waals surface area contributed by atoms with E-state index in [1.54, 1.807) is 66.1 Å². The highest BCUT2D eigenvalue weighted by Gasteiger charge is 2.57. The van der Waals surface area contributed by atoms with Gasteiger partial charge in [-0.25, -0.2) is 9.88 Å². The van der Waals surface area contributed by atoms with Crippen LogP contribution >= 0.6 is 23.2 Å². The van der Waals surface area contributed by atoms with Crippen LogP contribution in [0.3, 0.4) is 0 Å². The fourth-order valence-corrected chi connectivity index (χ4v) is 7.31. The molecule has 16 heteroatoms. The average molecular weight is 769 g/mol. The Morgan fingerprint density at radius 1 is 0.889 bits per heavy atom. The number of pyridine rings is 1. The Bertz CT molecular complexity index is 2240. The van der Waals surface area contributed by atoms with E-state index in [4.69, 9.17) is 23.2 Å². The molecule has 0 unspecified atom stereocenters. The maximum Gasteiger partial charge on any atom is 0.270 e. The minimum Gasteiger partial charge on any atom is -0.355 e. The van der Waals surface area contributed by atoms with Gasteiger partial charge in [0, 0.05) is 48.2 Å². The molecule has 2 aliphatic carbocycles. The summed E-state index contributed by atoms with van der Waals surface area (Å²) in [5.41, 5.74) is -0.822. The summed E-state index contributed by atoms with van der Waals surface area (Å²) in [5.74, 6) is -1.71. The number of carbonyl (C=O) groups excluding carboxylic acids is 5. The maximum absolute atomic E-state index is 14.4. The second-order valence-corrected chi connectivity index (χ2v) is 14.9. The number of halogens is 2. The molecule has 1 atom stereocenters. The quantitative estimate of drug-likeness (QED) is 0.155. The van der Waals surface area contributed by atoms with Crippen LogP contribution in [0.1, 0.15) is 77.2 Å². The molecule has 2 fully saturated rings. The smallest absolute Gasteiger partial charge is 0.270 e. The van der Waals surface area contributed by atoms with Gasteiger partial charge in [-0.1, -0.05) is 35.3 Å². The van der Waals surface area contributed by atoms with Crippen LogP contribution in [0.5, 0.6) is 0 Å². The van der Waals surface area contributed by atoms with E-state index in [0.29, 0.717) is 58.2 Å². The first-order valence-corrected chi connectivity index (χ1v) is 18.1. The van der Waals surface area contributed by atoms with Gasteiger partial charge in [-0.3, -0.25) is 33.5 Å². The minimum atomic E-state index is -1.36. The van der Waals surface area contributed by atoms with E-state index in [9.17, 15) is 29.2 Å². The van der Waals surface area contributed by atoms with E-state index in [1.807, 2.05) is 0 Å². The van der Waals surface area contributed by atoms with Crippen LogP contribution in [-0.4, -0.2) is 62.7 Å². The van der Waals surface area contributed by atoms with Crippen LogP contribution < -0.4 is 26.2 Å². The van der Waals surface area contributed by atoms with Crippen LogP contribution in [-0.2, 0) is 31.9 Å². The molecule has 4 aromatic rings. The molecule has 2 aromatic heterocycles. The lowest BCUT2D eigenvalue weighted by Crippen LogP contribution is -2.52. The number of hydrogen-bond acceptors (Lipinski definition) is 8. The highest BCUT2D eigenvalue weighted by Crippen LogP contribution is 2.48. The van der Waals surface area contributed by atoms with Crippen LogP contribution in [0.2, 0.25) is 10.0 Å². The van der Waals surface area contributed by atoms with Crippen molar-refractivity contribution in [1.29, 1.82) is 5.26 Å². The molecule has 0 radical (unpaired) electrons. The lowest BCUT2D eigenvalue weighted by Gasteiger charge is -2.27. The van der Waals surface area contributed by atoms with Crippen molar-refractivity contribution in [2.75, 3.05) is 18.0 Å². The van der Waals surface area contributed by atoms with Gasteiger partial charge in [0.1, 0.15) is 16.8 Å². The predicted octanol–water partition coefficient (Wildman–Crippen LogP) is 4.03. The second kappa shape index (κ2) is 13.9. The lowest BCUT2D eigenvalue weighted by atomic mass is 9.91. The Hall–Kier alpha value is -5.78. The van der Waals surface area contributed by atoms with Crippen LogP contribution in [0.15, 0.2) is 67.0 Å². The highest BCUT2D eigenvalue weighted by molar-refractivity contribution is 6.35. The number of amides is 5. The number of carbonyl (C=O) groups is 5. The number of rotatable bonds is 12. The normalized spacial score (nSPS) is 18.6. The number of nitriles is 1. The van der Waals surface area contributed by atoms with Crippen molar-refractivity contribution >= 4 is 64.4 Å². The van der Waals surface area contributed by atoms with E-state index >= 15 is 0 Å². The van der Waals surface area contributed by atoms with E-state index in [1.165, 1.54) is 24.2 Å². The molecule has 276 valence electrons. The third kappa shape index (κ3) is 6.88. The van der Waals surface area contributed by atoms with Crippen LogP contribution in [0, 0.1) is 11.3 Å². The summed E-state index contributed by atoms with van der Waals surface area (Å²) in [4.78, 5) is 76.8. The van der Waals surface area contributed by atoms with Crippen molar-refractivity contribution in [3.63, 3.8) is 0 Å². The Labute approximate surface area is 320 Å². The molecule has 3 aliphatic rings. The molecule has 4 N–H and O–H groups in total. The number of benzene rings is 2. The summed E-state index contributed by atoms with van der Waals surface area (Å²) >= 11 is 12.7. The summed E-state index contributed by atoms with van der Waals surface area (Å²) in [6, 6.07) is 16.9. The molecule has 2 aromatic carbocycles. The highest BCUT2D eigenvalue weighted by atomic mass is 35.5. The number of hydrogen-bond donors (Lipinski definition) is 4. The first-order valence-electron chi connectivity index (χ1n) is 17.3. The molecule has 0 bridgehead atoms. The Kier molecular flexibility index (Phi) is 9.41. The summed E-state index contributed by atoms with van der Waals surface area (Å²) in [7, 11) is 0. The van der Waals surface area contributed by atoms with Gasteiger partial charge in [-0.05, 0) is 80.6 Å². The van der Waals surface area contributed by atoms with Gasteiger partial charge < -0.3 is 21.3 Å². The Morgan fingerprint density at radius 3 is 2.20 bits per heavy atom. The van der Waals surface area contributed by atoms with E-state index in [-0.39, 0.29) is 54.8 Å². The number of imidazole rings is 1. The van der Waals surface area contributed by atoms with Crippen LogP contribution in [0.25, 0.3) is 0 Å². The molecular formula is C38H35Cl2N9O5. The van der Waals surface area contributed by atoms with Gasteiger partial charge >= 0.3 is 0 Å². The zero-order valence-electron chi connectivity index (χ0n) is 29.3. The molecule has 3 heterocycles. The lowest BCUT2D eigenvalue weighted by molar-refractivity contribution is -0.125. The second-order valence-electron chi connectivity index (χ2n) is 14.0. The van der Waals surface area contributed by atoms with E-state index < -0.39 is 22.5 Å². The van der Waals surface area contributed by atoms with Gasteiger partial charge in [-0.2, -0.15) is 5.26 Å². The standard InChI is InChI=1S/C38H35Cl2N9O5/c1-22(50)42-13-14-44-31(51)25-7-12-43-30(15-25)37(8-9-37)47-33(53)38(10-11-38)46-32(52)29-21-45-35-48(28-17-26(39)16-27(40)18-28)34(54)36(2,49(29)35)19-23-3-5-24(20-41)6-4-23/h3-7,12,15-18,21H,8-11,13-14,19H2,1-2H3,(H,42,50)(H,44,51)(H,46,52)(H,47,53)/t36-/m1/s1. The molecule has 7 rings (SSSR count). The maximum atomic E-state index is 14.4. The molecule has 2 saturated carbocycles. The summed E-state index contributed by atoms with van der Waals surface area (Å²) < 4.78 is 1.57. The SMILES string of the molecule is CC(=O)NCCNC(=O)c1ccnc(C2(NC(=O)C3(NC(=O)c4cnc5n4[C@](C)(Cc4ccc(C#N)cc4)C(=O)N5c4cc(Cl)cc(Cl)c4)CC3)CC2)c1. The fourth-order valence-electron chi connectivity index (χ4n) is 6.80. The zero-order chi connectivity index (χ0) is 38.4. The number of anilines is 2. The van der Waals surface area contributed by atoms with Crippen molar-refractivity contribution in [2.45, 2.75) is 62.6 Å². The first-order chi connectivity index (χ1) is 25.8. The number of nitrogens with one attached hydrogen (secondary N) is 4. The van der Waals surface area contributed by atoms with Crippen molar-refractivity contribution in [1.82, 2.24) is 35.8 Å². The molecule has 54 heavy (non-hydrogen) atoms. The minimum absolute atomic E-state index is 0.0733. The summed E-state index contributed by atoms with van der Waals surface area (Å²) in [5, 5.41) is 21.3. The fraction of sp³-hybridized carbons (Fsp3) is 0.316. The predicted molar refractivity (Wildman–Crippen MR) is 198 cm³/mol. The van der Waals surface area contributed by atoms with Crippen molar-refractivity contribution in [3.8, 4) is 6.07 Å². The molecule has 1 aliphatic heterocycles. The molecule has 0 spiro atoms. The van der Waals surface area contributed by atoms with Gasteiger partial charge in [0.15, 0.2) is 0 Å². The Balaban J connectivity index is 1.12. The number of fused-ring (bicyclic) bond motifs is 1. The van der Waals surface area contributed by atoms with Gasteiger partial charge in [0.05, 0.1) is 34.7 Å². The van der Waals surface area contributed by atoms with E-state index in [2.05, 4.69) is 37.3 Å². The third-order valence-corrected chi connectivity index (χ3v) is 10.4. The Morgan fingerprint density at radius 2 is 1.57 bits per heavy atom. The number of nitrogens with zero attached hydrogens (tertiary/aromatic N) is 5. The van der Waals surface area contributed by atoms with Gasteiger partial charge in [-0.15, -0.1) is 0 Å². The topological polar surface area (TPSA) is 191 Å². The first kappa shape index (κ1) is 36.6. The van der Waals surface area contributed by atoms with Crippen molar-refractivity contribution in [2.24, 2.45) is 0 Å².